The third kappa shape index (κ3) is 5.59. The van der Waals surface area contributed by atoms with Gasteiger partial charge in [-0.1, -0.05) is 61.9 Å². The Morgan fingerprint density at radius 2 is 1.89 bits per heavy atom. The molecule has 1 aliphatic heterocycles. The van der Waals surface area contributed by atoms with Crippen LogP contribution in [0.1, 0.15) is 43.2 Å². The molecule has 3 N–H and O–H groups in total. The number of piperidine rings is 1. The third-order valence-electron chi connectivity index (χ3n) is 8.04. The second kappa shape index (κ2) is 10.5. The van der Waals surface area contributed by atoms with Gasteiger partial charge in [0.1, 0.15) is 17.9 Å². The molecule has 2 unspecified atom stereocenters. The molecule has 1 heterocycles. The number of aliphatic hydroxyl groups is 1. The van der Waals surface area contributed by atoms with Gasteiger partial charge in [0.05, 0.1) is 13.6 Å². The number of phenolic OH excluding ortho intramolecular Hbond substituents is 1. The number of aromatic hydroxyl groups is 1. The Morgan fingerprint density at radius 1 is 1.18 bits per heavy atom. The van der Waals surface area contributed by atoms with E-state index in [1.807, 2.05) is 13.1 Å². The summed E-state index contributed by atoms with van der Waals surface area (Å²) in [6, 6.07) is 14.9. The normalized spacial score (nSPS) is 29.7. The fraction of sp³-hybridized carbons (Fsp3) is 0.414. The van der Waals surface area contributed by atoms with Crippen molar-refractivity contribution in [1.82, 2.24) is 5.32 Å². The van der Waals surface area contributed by atoms with Gasteiger partial charge in [-0.3, -0.25) is 10.1 Å². The molecule has 2 fully saturated rings. The lowest BCUT2D eigenvalue weighted by Crippen LogP contribution is -2.75. The summed E-state index contributed by atoms with van der Waals surface area (Å²) in [6.07, 6.45) is 0.0713. The van der Waals surface area contributed by atoms with Gasteiger partial charge in [0.25, 0.3) is 5.91 Å². The van der Waals surface area contributed by atoms with Crippen molar-refractivity contribution in [3.63, 3.8) is 0 Å². The van der Waals surface area contributed by atoms with Gasteiger partial charge >= 0.3 is 6.36 Å². The maximum atomic E-state index is 13.4. The molecular weight excluding hydrogens is 497 g/mol. The van der Waals surface area contributed by atoms with Crippen LogP contribution in [0.25, 0.3) is 6.08 Å². The maximum absolute atomic E-state index is 13.4. The summed E-state index contributed by atoms with van der Waals surface area (Å²) in [4.78, 5) is 13.4. The van der Waals surface area contributed by atoms with Crippen LogP contribution in [0.4, 0.5) is 13.2 Å². The van der Waals surface area contributed by atoms with E-state index in [-0.39, 0.29) is 23.2 Å². The second-order valence-electron chi connectivity index (χ2n) is 10.6. The van der Waals surface area contributed by atoms with Gasteiger partial charge in [-0.05, 0) is 48.3 Å². The van der Waals surface area contributed by atoms with E-state index >= 15 is 0 Å². The quantitative estimate of drug-likeness (QED) is 0.204. The van der Waals surface area contributed by atoms with E-state index in [0.717, 1.165) is 24.5 Å². The van der Waals surface area contributed by atoms with Crippen molar-refractivity contribution in [1.29, 1.82) is 0 Å². The van der Waals surface area contributed by atoms with Crippen molar-refractivity contribution >= 4 is 12.0 Å². The van der Waals surface area contributed by atoms with Crippen LogP contribution in [0.2, 0.25) is 0 Å². The van der Waals surface area contributed by atoms with Gasteiger partial charge < -0.3 is 19.4 Å². The monoisotopic (exact) mass is 531 g/mol. The van der Waals surface area contributed by atoms with Crippen LogP contribution >= 0.6 is 0 Å². The number of fused-ring (bicyclic) bond motifs is 1. The van der Waals surface area contributed by atoms with Crippen LogP contribution in [0.15, 0.2) is 73.0 Å². The highest BCUT2D eigenvalue weighted by Crippen LogP contribution is 2.54. The first-order chi connectivity index (χ1) is 17.9. The number of hydrogen-bond acceptors (Lipinski definition) is 4. The number of carbonyl (C=O) groups is 1. The molecule has 204 valence electrons. The number of likely N-dealkylation sites (tertiary alicyclic amines) is 1. The van der Waals surface area contributed by atoms with Crippen LogP contribution in [-0.2, 0) is 14.9 Å². The third-order valence-corrected chi connectivity index (χ3v) is 8.04. The van der Waals surface area contributed by atoms with Crippen molar-refractivity contribution in [3.05, 3.63) is 84.1 Å². The average Bonchev–Trinajstić information content (AvgIpc) is 2.84. The number of alkyl halides is 3. The zero-order valence-electron chi connectivity index (χ0n) is 21.4. The molecule has 1 amide bonds. The largest absolute Gasteiger partial charge is 0.573 e. The summed E-state index contributed by atoms with van der Waals surface area (Å²) in [6.45, 7) is 4.46. The van der Waals surface area contributed by atoms with E-state index in [0.29, 0.717) is 24.9 Å². The molecular formula is C29H34F3N2O4+. The summed E-state index contributed by atoms with van der Waals surface area (Å²) in [5.41, 5.74) is -0.833. The zero-order chi connectivity index (χ0) is 27.6. The molecule has 2 aromatic rings. The molecule has 2 aromatic carbocycles. The first kappa shape index (κ1) is 27.7. The van der Waals surface area contributed by atoms with Gasteiger partial charge in [-0.25, -0.2) is 0 Å². The van der Waals surface area contributed by atoms with Gasteiger partial charge in [-0.15, -0.1) is 13.2 Å². The number of halogens is 3. The topological polar surface area (TPSA) is 78.8 Å². The van der Waals surface area contributed by atoms with Gasteiger partial charge in [0, 0.05) is 11.8 Å². The number of hydrogen-bond donors (Lipinski definition) is 3. The molecule has 1 saturated heterocycles. The first-order valence-electron chi connectivity index (χ1n) is 12.7. The predicted molar refractivity (Wildman–Crippen MR) is 137 cm³/mol. The van der Waals surface area contributed by atoms with Crippen LogP contribution < -0.4 is 5.32 Å². The minimum atomic E-state index is -5.06. The van der Waals surface area contributed by atoms with Crippen LogP contribution in [0.5, 0.6) is 5.75 Å². The Hall–Kier alpha value is -3.30. The lowest BCUT2D eigenvalue weighted by Gasteiger charge is -2.61. The molecule has 0 aromatic heterocycles. The number of benzene rings is 2. The van der Waals surface area contributed by atoms with Crippen molar-refractivity contribution in [2.45, 2.75) is 55.6 Å². The molecule has 1 aliphatic carbocycles. The summed E-state index contributed by atoms with van der Waals surface area (Å²) in [5.74, 6) is -1.81. The summed E-state index contributed by atoms with van der Waals surface area (Å²) < 4.78 is 44.2. The number of nitrogens with zero attached hydrogens (tertiary/aromatic N) is 1. The molecule has 4 atom stereocenters. The number of amides is 1. The lowest BCUT2D eigenvalue weighted by molar-refractivity contribution is -0.944. The maximum Gasteiger partial charge on any atom is 0.573 e. The van der Waals surface area contributed by atoms with Gasteiger partial charge in [-0.2, -0.15) is 0 Å². The van der Waals surface area contributed by atoms with E-state index in [1.165, 1.54) is 0 Å². The lowest BCUT2D eigenvalue weighted by atomic mass is 9.55. The Labute approximate surface area is 220 Å². The smallest absolute Gasteiger partial charge is 0.508 e. The van der Waals surface area contributed by atoms with E-state index < -0.39 is 35.2 Å². The highest BCUT2D eigenvalue weighted by atomic mass is 19.4. The van der Waals surface area contributed by atoms with Crippen molar-refractivity contribution in [2.75, 3.05) is 20.1 Å². The van der Waals surface area contributed by atoms with Crippen LogP contribution in [0, 0.1) is 0 Å². The highest BCUT2D eigenvalue weighted by molar-refractivity contribution is 5.96. The molecule has 0 spiro atoms. The number of likely N-dealkylation sites (N-methyl/N-ethyl adjacent to an activating group) is 1. The summed E-state index contributed by atoms with van der Waals surface area (Å²) in [5, 5.41) is 25.2. The first-order valence-corrected chi connectivity index (χ1v) is 12.7. The predicted octanol–water partition coefficient (Wildman–Crippen LogP) is 4.99. The van der Waals surface area contributed by atoms with Crippen molar-refractivity contribution in [3.8, 4) is 5.75 Å². The van der Waals surface area contributed by atoms with Crippen molar-refractivity contribution in [2.24, 2.45) is 0 Å². The SMILES string of the molecule is C=CC[N@+]1(C)CC2(O)CCCCC2(c2cccc(O)c2)C[C@H]1NC(=O)C(=Cc1ccccc1)OC(F)(F)F. The molecule has 0 radical (unpaired) electrons. The minimum absolute atomic E-state index is 0.0611. The van der Waals surface area contributed by atoms with E-state index in [1.54, 1.807) is 54.6 Å². The second-order valence-corrected chi connectivity index (χ2v) is 10.6. The van der Waals surface area contributed by atoms with Crippen LogP contribution in [0.3, 0.4) is 0 Å². The Kier molecular flexibility index (Phi) is 7.63. The molecule has 2 aliphatic rings. The fourth-order valence-electron chi connectivity index (χ4n) is 6.31. The Balaban J connectivity index is 1.74. The van der Waals surface area contributed by atoms with E-state index in [9.17, 15) is 28.2 Å². The molecule has 4 rings (SSSR count). The molecule has 0 bridgehead atoms. The number of ether oxygens (including phenoxy) is 1. The van der Waals surface area contributed by atoms with Gasteiger partial charge in [0.15, 0.2) is 11.9 Å². The molecule has 38 heavy (non-hydrogen) atoms. The number of carbonyl (C=O) groups excluding carboxylic acids is 1. The highest BCUT2D eigenvalue weighted by Gasteiger charge is 2.63. The molecule has 1 saturated carbocycles. The average molecular weight is 532 g/mol. The van der Waals surface area contributed by atoms with Gasteiger partial charge in [0.2, 0.25) is 0 Å². The summed E-state index contributed by atoms with van der Waals surface area (Å²) >= 11 is 0. The minimum Gasteiger partial charge on any atom is -0.508 e. The summed E-state index contributed by atoms with van der Waals surface area (Å²) in [7, 11) is 1.86. The number of phenols is 1. The van der Waals surface area contributed by atoms with E-state index in [2.05, 4.69) is 16.6 Å². The molecule has 6 nitrogen and oxygen atoms in total. The van der Waals surface area contributed by atoms with Crippen molar-refractivity contribution < 1.29 is 37.4 Å². The fourth-order valence-corrected chi connectivity index (χ4v) is 6.31. The van der Waals surface area contributed by atoms with Crippen LogP contribution in [-0.4, -0.2) is 58.9 Å². The number of quaternary nitrogens is 1. The number of rotatable bonds is 7. The Bertz CT molecular complexity index is 1200. The standard InChI is InChI=1S/C29H33F3N2O4/c1-3-16-34(2)20-28(37)15-8-7-14-27(28,22-12-9-13-23(35)18-22)19-25(34)33-26(36)24(38-29(30,31)32)17-21-10-5-4-6-11-21/h3-6,9-13,17-18,25,37H,1,7-8,14-16,19-20H2,2H3,(H-,33,35,36)/p+1/t25-,27?,28?,34+/m0/s1. The zero-order valence-corrected chi connectivity index (χ0v) is 21.4. The molecule has 9 heteroatoms. The van der Waals surface area contributed by atoms with E-state index in [4.69, 9.17) is 0 Å². The Morgan fingerprint density at radius 3 is 2.55 bits per heavy atom. The number of nitrogens with one attached hydrogen (secondary N) is 1.